The van der Waals surface area contributed by atoms with E-state index in [2.05, 4.69) is 0 Å². The fourth-order valence-electron chi connectivity index (χ4n) is 1.90. The second-order valence-corrected chi connectivity index (χ2v) is 4.72. The summed E-state index contributed by atoms with van der Waals surface area (Å²) in [5.41, 5.74) is 0.752. The number of benzene rings is 1. The van der Waals surface area contributed by atoms with Crippen molar-refractivity contribution < 1.29 is 14.3 Å². The van der Waals surface area contributed by atoms with E-state index in [4.69, 9.17) is 16.0 Å². The summed E-state index contributed by atoms with van der Waals surface area (Å²) >= 11 is 5.54. The highest BCUT2D eigenvalue weighted by molar-refractivity contribution is 6.17. The molecular formula is C13H14ClNO4. The zero-order chi connectivity index (χ0) is 14.0. The largest absolute Gasteiger partial charge is 0.426 e. The number of para-hydroxylation sites is 2. The molecule has 0 aliphatic heterocycles. The average Bonchev–Trinajstić information content (AvgIpc) is 2.73. The van der Waals surface area contributed by atoms with Crippen molar-refractivity contribution in [3.8, 4) is 0 Å². The molecule has 0 unspecified atom stereocenters. The van der Waals surface area contributed by atoms with Gasteiger partial charge in [0.2, 0.25) is 5.91 Å². The lowest BCUT2D eigenvalue weighted by atomic mass is 10.0. The molecule has 0 aliphatic carbocycles. The molecular weight excluding hydrogens is 270 g/mol. The van der Waals surface area contributed by atoms with Crippen molar-refractivity contribution in [1.82, 2.24) is 4.57 Å². The van der Waals surface area contributed by atoms with Gasteiger partial charge in [-0.05, 0) is 18.6 Å². The van der Waals surface area contributed by atoms with Gasteiger partial charge in [-0.25, -0.2) is 9.36 Å². The van der Waals surface area contributed by atoms with Gasteiger partial charge in [-0.2, -0.15) is 0 Å². The van der Waals surface area contributed by atoms with Gasteiger partial charge in [0.25, 0.3) is 0 Å². The molecule has 102 valence electrons. The number of hydrogen-bond donors (Lipinski definition) is 1. The number of hydrogen-bond acceptors (Lipinski definition) is 4. The summed E-state index contributed by atoms with van der Waals surface area (Å²) in [6.45, 7) is 1.56. The van der Waals surface area contributed by atoms with Crippen LogP contribution in [0.2, 0.25) is 0 Å². The summed E-state index contributed by atoms with van der Waals surface area (Å²) in [6.07, 6.45) is -0.593. The van der Waals surface area contributed by atoms with E-state index >= 15 is 0 Å². The van der Waals surface area contributed by atoms with Crippen LogP contribution in [-0.4, -0.2) is 27.6 Å². The maximum absolute atomic E-state index is 12.3. The predicted molar refractivity (Wildman–Crippen MR) is 71.6 cm³/mol. The molecule has 2 aromatic rings. The van der Waals surface area contributed by atoms with Crippen molar-refractivity contribution in [3.63, 3.8) is 0 Å². The lowest BCUT2D eigenvalue weighted by molar-refractivity contribution is 0.0622. The van der Waals surface area contributed by atoms with E-state index in [-0.39, 0.29) is 5.88 Å². The Hall–Kier alpha value is -1.59. The summed E-state index contributed by atoms with van der Waals surface area (Å²) in [5.74, 6) is -1.71. The summed E-state index contributed by atoms with van der Waals surface area (Å²) < 4.78 is 5.94. The number of halogens is 1. The predicted octanol–water partition coefficient (Wildman–Crippen LogP) is 1.86. The molecule has 2 rings (SSSR count). The van der Waals surface area contributed by atoms with E-state index in [0.29, 0.717) is 17.5 Å². The first kappa shape index (κ1) is 13.8. The third-order valence-electron chi connectivity index (χ3n) is 3.08. The second kappa shape index (κ2) is 5.59. The van der Waals surface area contributed by atoms with Gasteiger partial charge in [0.05, 0.1) is 17.5 Å². The first-order valence-corrected chi connectivity index (χ1v) is 6.48. The van der Waals surface area contributed by atoms with Crippen LogP contribution in [0.1, 0.15) is 18.1 Å². The van der Waals surface area contributed by atoms with E-state index in [1.54, 1.807) is 31.2 Å². The normalized spacial score (nSPS) is 14.5. The van der Waals surface area contributed by atoms with E-state index < -0.39 is 23.7 Å². The van der Waals surface area contributed by atoms with Crippen molar-refractivity contribution in [3.05, 3.63) is 34.8 Å². The third-order valence-corrected chi connectivity index (χ3v) is 3.30. The van der Waals surface area contributed by atoms with Gasteiger partial charge in [0.15, 0.2) is 5.58 Å². The Morgan fingerprint density at radius 1 is 1.47 bits per heavy atom. The number of aromatic nitrogens is 1. The quantitative estimate of drug-likeness (QED) is 0.869. The Kier molecular flexibility index (Phi) is 4.07. The molecule has 5 nitrogen and oxygen atoms in total. The molecule has 0 saturated carbocycles. The second-order valence-electron chi connectivity index (χ2n) is 4.34. The van der Waals surface area contributed by atoms with Crippen LogP contribution in [0.3, 0.4) is 0 Å². The fraction of sp³-hybridized carbons (Fsp3) is 0.385. The smallest absolute Gasteiger partial charge is 0.407 e. The highest BCUT2D eigenvalue weighted by Crippen LogP contribution is 2.16. The van der Waals surface area contributed by atoms with E-state index in [1.165, 1.54) is 0 Å². The summed E-state index contributed by atoms with van der Waals surface area (Å²) in [6, 6.07) is 6.66. The van der Waals surface area contributed by atoms with Crippen LogP contribution in [0, 0.1) is 5.92 Å². The number of fused-ring (bicyclic) bond motifs is 1. The zero-order valence-electron chi connectivity index (χ0n) is 10.4. The molecule has 0 amide bonds. The molecule has 0 fully saturated rings. The van der Waals surface area contributed by atoms with Gasteiger partial charge in [0, 0.05) is 5.88 Å². The van der Waals surface area contributed by atoms with Crippen LogP contribution in [0.25, 0.3) is 11.1 Å². The van der Waals surface area contributed by atoms with E-state index in [1.807, 2.05) is 0 Å². The Balaban J connectivity index is 2.41. The van der Waals surface area contributed by atoms with Crippen LogP contribution in [0.5, 0.6) is 0 Å². The number of aliphatic hydroxyl groups excluding tert-OH is 1. The summed E-state index contributed by atoms with van der Waals surface area (Å²) in [4.78, 5) is 24.0. The van der Waals surface area contributed by atoms with Gasteiger partial charge in [-0.3, -0.25) is 4.79 Å². The third kappa shape index (κ3) is 2.57. The Bertz CT molecular complexity index is 645. The molecule has 0 saturated heterocycles. The van der Waals surface area contributed by atoms with Crippen LogP contribution in [0.15, 0.2) is 33.5 Å². The maximum atomic E-state index is 12.3. The molecule has 1 heterocycles. The minimum atomic E-state index is -0.884. The topological polar surface area (TPSA) is 72.4 Å². The molecule has 1 N–H and O–H groups in total. The molecule has 2 atom stereocenters. The zero-order valence-corrected chi connectivity index (χ0v) is 11.1. The molecule has 6 heteroatoms. The Morgan fingerprint density at radius 2 is 2.16 bits per heavy atom. The minimum Gasteiger partial charge on any atom is -0.407 e. The molecule has 19 heavy (non-hydrogen) atoms. The van der Waals surface area contributed by atoms with Crippen LogP contribution >= 0.6 is 11.6 Å². The number of carbonyl (C=O) groups is 1. The Morgan fingerprint density at radius 3 is 2.84 bits per heavy atom. The average molecular weight is 284 g/mol. The fourth-order valence-corrected chi connectivity index (χ4v) is 2.13. The van der Waals surface area contributed by atoms with Crippen molar-refractivity contribution >= 4 is 28.6 Å². The number of carbonyl (C=O) groups excluding carboxylic acids is 1. The van der Waals surface area contributed by atoms with Gasteiger partial charge in [-0.15, -0.1) is 11.6 Å². The van der Waals surface area contributed by atoms with Gasteiger partial charge < -0.3 is 9.52 Å². The van der Waals surface area contributed by atoms with Gasteiger partial charge in [-0.1, -0.05) is 19.1 Å². The van der Waals surface area contributed by atoms with Crippen LogP contribution in [-0.2, 0) is 0 Å². The van der Waals surface area contributed by atoms with Crippen molar-refractivity contribution in [1.29, 1.82) is 0 Å². The number of oxazole rings is 1. The number of nitrogens with zero attached hydrogens (tertiary/aromatic N) is 1. The molecule has 0 radical (unpaired) electrons. The van der Waals surface area contributed by atoms with Gasteiger partial charge in [0.1, 0.15) is 0 Å². The first-order chi connectivity index (χ1) is 9.06. The Labute approximate surface area is 114 Å². The van der Waals surface area contributed by atoms with Crippen molar-refractivity contribution in [2.75, 3.05) is 5.88 Å². The molecule has 1 aromatic carbocycles. The van der Waals surface area contributed by atoms with Crippen LogP contribution in [0.4, 0.5) is 0 Å². The first-order valence-electron chi connectivity index (χ1n) is 5.95. The number of aliphatic hydroxyl groups is 1. The standard InChI is InChI=1S/C13H14ClNO4/c1-8(10(16)6-7-14)12(17)15-9-4-2-3-5-11(9)19-13(15)18/h2-5,8,10,16H,6-7H2,1H3/t8-,10+/m0/s1. The number of alkyl halides is 1. The molecule has 0 aliphatic rings. The molecule has 0 spiro atoms. The number of rotatable bonds is 4. The summed E-state index contributed by atoms with van der Waals surface area (Å²) in [5, 5.41) is 9.80. The highest BCUT2D eigenvalue weighted by Gasteiger charge is 2.26. The van der Waals surface area contributed by atoms with Crippen LogP contribution < -0.4 is 5.76 Å². The monoisotopic (exact) mass is 283 g/mol. The van der Waals surface area contributed by atoms with E-state index in [0.717, 1.165) is 4.57 Å². The minimum absolute atomic E-state index is 0.250. The lowest BCUT2D eigenvalue weighted by Crippen LogP contribution is -2.34. The lowest BCUT2D eigenvalue weighted by Gasteiger charge is -2.16. The van der Waals surface area contributed by atoms with Crippen molar-refractivity contribution in [2.45, 2.75) is 19.4 Å². The van der Waals surface area contributed by atoms with Gasteiger partial charge >= 0.3 is 5.76 Å². The highest BCUT2D eigenvalue weighted by atomic mass is 35.5. The maximum Gasteiger partial charge on any atom is 0.426 e. The summed E-state index contributed by atoms with van der Waals surface area (Å²) in [7, 11) is 0. The van der Waals surface area contributed by atoms with Crippen molar-refractivity contribution in [2.24, 2.45) is 5.92 Å². The molecule has 1 aromatic heterocycles. The van der Waals surface area contributed by atoms with E-state index in [9.17, 15) is 14.7 Å². The molecule has 0 bridgehead atoms. The SMILES string of the molecule is C[C@H](C(=O)n1c(=O)oc2ccccc21)[C@H](O)CCCl.